The Kier molecular flexibility index (Phi) is 20.9. The number of hydrogen-bond acceptors (Lipinski definition) is 20. The first-order valence-electron chi connectivity index (χ1n) is 22.0. The second kappa shape index (κ2) is 25.5. The van der Waals surface area contributed by atoms with Gasteiger partial charge < -0.3 is 101 Å². The van der Waals surface area contributed by atoms with Gasteiger partial charge in [-0.2, -0.15) is 11.8 Å². The molecule has 0 bridgehead atoms. The molecule has 5 heterocycles. The predicted molar refractivity (Wildman–Crippen MR) is 220 cm³/mol. The van der Waals surface area contributed by atoms with Crippen molar-refractivity contribution in [2.45, 2.75) is 174 Å². The normalized spacial score (nSPS) is 38.5. The molecule has 0 radical (unpaired) electrons. The number of urea groups is 1. The number of thioether (sulfide) groups is 1. The number of nitrogens with one attached hydrogen (secondary N) is 5. The van der Waals surface area contributed by atoms with Crippen molar-refractivity contribution in [3.05, 3.63) is 0 Å². The van der Waals surface area contributed by atoms with Crippen LogP contribution in [0.15, 0.2) is 0 Å². The first kappa shape index (κ1) is 52.4. The largest absolute Gasteiger partial charge is 0.394 e. The van der Waals surface area contributed by atoms with Gasteiger partial charge >= 0.3 is 6.03 Å². The number of carbonyl (C=O) groups is 4. The molecule has 5 rings (SSSR count). The van der Waals surface area contributed by atoms with Crippen molar-refractivity contribution in [3.63, 3.8) is 0 Å². The summed E-state index contributed by atoms with van der Waals surface area (Å²) in [6.45, 7) is -0.468. The minimum absolute atomic E-state index is 0.00413. The van der Waals surface area contributed by atoms with Crippen LogP contribution in [0.2, 0.25) is 0 Å². The van der Waals surface area contributed by atoms with Gasteiger partial charge in [-0.3, -0.25) is 14.4 Å². The topological polar surface area (TPSA) is 366 Å². The van der Waals surface area contributed by atoms with Crippen molar-refractivity contribution in [1.29, 1.82) is 0 Å². The number of fused-ring (bicyclic) bond motifs is 1. The molecule has 0 aromatic carbocycles. The highest BCUT2D eigenvalue weighted by molar-refractivity contribution is 8.00. The molecule has 0 aliphatic carbocycles. The number of rotatable bonds is 24. The van der Waals surface area contributed by atoms with Gasteiger partial charge in [-0.25, -0.2) is 4.79 Å². The van der Waals surface area contributed by atoms with Crippen molar-refractivity contribution in [2.24, 2.45) is 0 Å². The third-order valence-corrected chi connectivity index (χ3v) is 13.4. The van der Waals surface area contributed by atoms with Crippen LogP contribution in [0.1, 0.15) is 64.7 Å². The van der Waals surface area contributed by atoms with E-state index in [2.05, 4.69) is 26.6 Å². The van der Waals surface area contributed by atoms with Crippen LogP contribution in [-0.4, -0.2) is 224 Å². The lowest BCUT2D eigenvalue weighted by molar-refractivity contribution is -0.376. The van der Waals surface area contributed by atoms with Crippen LogP contribution in [0, 0.1) is 0 Å². The van der Waals surface area contributed by atoms with Gasteiger partial charge in [-0.1, -0.05) is 12.8 Å². The molecule has 0 spiro atoms. The molecule has 18 atom stereocenters. The number of aliphatic hydroxyl groups excluding tert-OH is 9. The monoisotopic (exact) mass is 941 g/mol. The summed E-state index contributed by atoms with van der Waals surface area (Å²) in [6, 6.07) is -1.05. The van der Waals surface area contributed by atoms with Crippen LogP contribution < -0.4 is 26.6 Å². The lowest BCUT2D eigenvalue weighted by atomic mass is 9.95. The molecular weight excluding hydrogens is 875 g/mol. The Bertz CT molecular complexity index is 1490. The molecule has 5 saturated heterocycles. The van der Waals surface area contributed by atoms with Crippen LogP contribution in [0.5, 0.6) is 0 Å². The van der Waals surface area contributed by atoms with Gasteiger partial charge in [-0.05, 0) is 32.1 Å². The van der Waals surface area contributed by atoms with E-state index < -0.39 is 118 Å². The van der Waals surface area contributed by atoms with Crippen LogP contribution in [0.3, 0.4) is 0 Å². The molecular formula is C39H67N5O19S. The van der Waals surface area contributed by atoms with Gasteiger partial charge in [0.1, 0.15) is 73.2 Å². The number of carbonyl (C=O) groups excluding carboxylic acids is 4. The lowest BCUT2D eigenvalue weighted by Crippen LogP contribution is -2.68. The molecule has 0 aromatic heterocycles. The molecule has 0 saturated carbocycles. The molecule has 24 nitrogen and oxygen atoms in total. The Morgan fingerprint density at radius 2 is 1.27 bits per heavy atom. The quantitative estimate of drug-likeness (QED) is 0.0317. The fourth-order valence-corrected chi connectivity index (χ4v) is 9.89. The number of ether oxygens (including phenoxy) is 6. The molecule has 1 unspecified atom stereocenters. The molecule has 64 heavy (non-hydrogen) atoms. The average molecular weight is 942 g/mol. The van der Waals surface area contributed by atoms with Crippen LogP contribution in [0.25, 0.3) is 0 Å². The zero-order valence-corrected chi connectivity index (χ0v) is 36.5. The number of aliphatic hydroxyl groups is 9. The fourth-order valence-electron chi connectivity index (χ4n) is 8.35. The van der Waals surface area contributed by atoms with Gasteiger partial charge in [0.05, 0.1) is 38.5 Å². The second-order valence-electron chi connectivity index (χ2n) is 16.7. The van der Waals surface area contributed by atoms with Crippen molar-refractivity contribution < 1.29 is 93.6 Å². The smallest absolute Gasteiger partial charge is 0.315 e. The Balaban J connectivity index is 0.993. The third-order valence-electron chi connectivity index (χ3n) is 11.9. The van der Waals surface area contributed by atoms with E-state index in [1.54, 1.807) is 0 Å². The van der Waals surface area contributed by atoms with Gasteiger partial charge in [0.15, 0.2) is 18.9 Å². The summed E-state index contributed by atoms with van der Waals surface area (Å²) in [5.74, 6) is 0.139. The molecule has 5 aliphatic rings. The highest BCUT2D eigenvalue weighted by Gasteiger charge is 2.54. The summed E-state index contributed by atoms with van der Waals surface area (Å²) in [4.78, 5) is 48.4. The molecule has 5 fully saturated rings. The maximum Gasteiger partial charge on any atom is 0.315 e. The molecule has 14 N–H and O–H groups in total. The highest BCUT2D eigenvalue weighted by atomic mass is 32.2. The average Bonchev–Trinajstić information content (AvgIpc) is 3.83. The maximum atomic E-state index is 12.4. The van der Waals surface area contributed by atoms with Crippen LogP contribution >= 0.6 is 11.8 Å². The SMILES string of the molecule is CC(=O)N[C@H]1C(OCCCNC(=O)CCCCCNC(=O)CCCC[C@@H]2SC[C@@H]3NC(=O)N[C@@H]32)O[C@H](CO)[C@@H](O[C@@H]2O[C@H](CO)[C@H](O)[C@H](O[C@H]3O[C@H](CO)[C@H](O)[C@H](O)[C@H]3O)[C@H]2O)[C@@H]1O. The standard InChI is InChI=1S/C39H67N5O19S/c1-18(48)42-27-30(53)34(62-38-33(56)35(29(52)21(15-46)60-38)63-37-32(55)31(54)28(51)20(14-45)59-37)22(16-47)61-36(27)58-13-7-12-41-24(49)9-3-2-6-11-40-25(50)10-5-4-8-23-26-19(17-64-23)43-39(57)44-26/h19-23,26-38,45-47,51-56H,2-17H2,1H3,(H,40,50)(H,41,49)(H,42,48)(H2,43,44,57)/t19-,20+,21+,22+,23-,26-,27+,28-,29-,30+,31-,32+,33+,34+,35-,36?,37+,38-/m0/s1. The predicted octanol–water partition coefficient (Wildman–Crippen LogP) is -5.50. The van der Waals surface area contributed by atoms with E-state index in [0.717, 1.165) is 37.9 Å². The van der Waals surface area contributed by atoms with E-state index in [0.29, 0.717) is 31.1 Å². The van der Waals surface area contributed by atoms with Crippen molar-refractivity contribution in [2.75, 3.05) is 45.3 Å². The summed E-state index contributed by atoms with van der Waals surface area (Å²) in [5, 5.41) is 109. The first-order chi connectivity index (χ1) is 30.7. The zero-order chi connectivity index (χ0) is 46.5. The van der Waals surface area contributed by atoms with E-state index in [1.165, 1.54) is 6.92 Å². The summed E-state index contributed by atoms with van der Waals surface area (Å²) in [5.41, 5.74) is 0. The Morgan fingerprint density at radius 3 is 1.92 bits per heavy atom. The summed E-state index contributed by atoms with van der Waals surface area (Å²) < 4.78 is 34.1. The zero-order valence-electron chi connectivity index (χ0n) is 35.7. The molecule has 0 aromatic rings. The third kappa shape index (κ3) is 14.0. The van der Waals surface area contributed by atoms with E-state index in [9.17, 15) is 65.1 Å². The van der Waals surface area contributed by atoms with E-state index in [-0.39, 0.29) is 49.5 Å². The molecule has 5 amide bonds. The number of amides is 5. The molecule has 5 aliphatic heterocycles. The van der Waals surface area contributed by atoms with Crippen molar-refractivity contribution in [1.82, 2.24) is 26.6 Å². The van der Waals surface area contributed by atoms with Gasteiger partial charge in [0.2, 0.25) is 17.7 Å². The first-order valence-corrected chi connectivity index (χ1v) is 23.0. The molecule has 25 heteroatoms. The van der Waals surface area contributed by atoms with Crippen LogP contribution in [-0.2, 0) is 42.8 Å². The second-order valence-corrected chi connectivity index (χ2v) is 17.9. The van der Waals surface area contributed by atoms with Crippen LogP contribution in [0.4, 0.5) is 4.79 Å². The minimum Gasteiger partial charge on any atom is -0.394 e. The van der Waals surface area contributed by atoms with Crippen molar-refractivity contribution in [3.8, 4) is 0 Å². The van der Waals surface area contributed by atoms with Crippen molar-refractivity contribution >= 4 is 35.5 Å². The summed E-state index contributed by atoms with van der Waals surface area (Å²) in [7, 11) is 0. The van der Waals surface area contributed by atoms with Gasteiger partial charge in [0.25, 0.3) is 0 Å². The van der Waals surface area contributed by atoms with E-state index in [4.69, 9.17) is 28.4 Å². The Labute approximate surface area is 374 Å². The summed E-state index contributed by atoms with van der Waals surface area (Å²) in [6.07, 6.45) is -17.6. The summed E-state index contributed by atoms with van der Waals surface area (Å²) >= 11 is 1.86. The number of unbranched alkanes of at least 4 members (excludes halogenated alkanes) is 3. The van der Waals surface area contributed by atoms with E-state index in [1.807, 2.05) is 11.8 Å². The lowest BCUT2D eigenvalue weighted by Gasteiger charge is -2.48. The fraction of sp³-hybridized carbons (Fsp3) is 0.897. The Morgan fingerprint density at radius 1 is 0.672 bits per heavy atom. The van der Waals surface area contributed by atoms with E-state index >= 15 is 0 Å². The Hall–Kier alpha value is -2.57. The van der Waals surface area contributed by atoms with Gasteiger partial charge in [0, 0.05) is 43.9 Å². The maximum absolute atomic E-state index is 12.4. The number of hydrogen-bond donors (Lipinski definition) is 14. The molecule has 368 valence electrons. The highest BCUT2D eigenvalue weighted by Crippen LogP contribution is 2.34. The minimum atomic E-state index is -1.95. The van der Waals surface area contributed by atoms with Gasteiger partial charge in [-0.15, -0.1) is 0 Å².